The van der Waals surface area contributed by atoms with E-state index in [0.717, 1.165) is 41.0 Å². The molecule has 7 heteroatoms. The van der Waals surface area contributed by atoms with E-state index in [1.54, 1.807) is 24.3 Å². The predicted octanol–water partition coefficient (Wildman–Crippen LogP) is 4.09. The van der Waals surface area contributed by atoms with Crippen LogP contribution in [0.5, 0.6) is 0 Å². The van der Waals surface area contributed by atoms with Crippen LogP contribution in [0.1, 0.15) is 23.6 Å². The fraction of sp³-hybridized carbons (Fsp3) is 0.238. The Hall–Kier alpha value is -2.60. The first kappa shape index (κ1) is 21.7. The third-order valence-corrected chi connectivity index (χ3v) is 4.26. The molecular weight excluding hydrogens is 468 g/mol. The van der Waals surface area contributed by atoms with Crippen LogP contribution in [0.3, 0.4) is 0 Å². The van der Waals surface area contributed by atoms with Crippen LogP contribution in [0.2, 0.25) is 0 Å². The van der Waals surface area contributed by atoms with E-state index < -0.39 is 0 Å². The second-order valence-corrected chi connectivity index (χ2v) is 6.18. The zero-order valence-electron chi connectivity index (χ0n) is 15.6. The van der Waals surface area contributed by atoms with E-state index >= 15 is 0 Å². The van der Waals surface area contributed by atoms with Crippen LogP contribution in [-0.2, 0) is 13.0 Å². The molecule has 1 heterocycles. The molecule has 1 aromatic heterocycles. The molecule has 0 saturated carbocycles. The minimum atomic E-state index is -0.228. The van der Waals surface area contributed by atoms with Crippen molar-refractivity contribution in [3.05, 3.63) is 71.2 Å². The number of aromatic amines is 1. The number of nitrogens with zero attached hydrogens (tertiary/aromatic N) is 2. The van der Waals surface area contributed by atoms with Crippen LogP contribution in [0.15, 0.2) is 53.7 Å². The monoisotopic (exact) mass is 491 g/mol. The summed E-state index contributed by atoms with van der Waals surface area (Å²) in [5.74, 6) is 0.501. The number of benzene rings is 2. The molecule has 0 aliphatic carbocycles. The average Bonchev–Trinajstić information content (AvgIpc) is 3.08. The fourth-order valence-electron chi connectivity index (χ4n) is 2.87. The molecule has 146 valence electrons. The predicted molar refractivity (Wildman–Crippen MR) is 121 cm³/mol. The number of H-pyrrole nitrogens is 1. The largest absolute Gasteiger partial charge is 0.361 e. The van der Waals surface area contributed by atoms with Crippen LogP contribution in [0.4, 0.5) is 4.39 Å². The first-order chi connectivity index (χ1) is 13.2. The number of nitriles is 1. The van der Waals surface area contributed by atoms with Crippen LogP contribution >= 0.6 is 24.0 Å². The highest BCUT2D eigenvalue weighted by molar-refractivity contribution is 14.0. The molecular formula is C21H23FIN5. The standard InChI is InChI=1S/C21H22FN5.HI/c1-2-24-21(27-13-16-5-3-15(12-23)4-6-16)25-10-9-17-14-26-20-8-7-18(22)11-19(17)20;/h3-8,11,14,26H,2,9-10,13H2,1H3,(H2,24,25,27);1H. The molecule has 3 aromatic rings. The lowest BCUT2D eigenvalue weighted by Crippen LogP contribution is -2.38. The summed E-state index contributed by atoms with van der Waals surface area (Å²) < 4.78 is 13.5. The average molecular weight is 491 g/mol. The topological polar surface area (TPSA) is 76.0 Å². The first-order valence-electron chi connectivity index (χ1n) is 8.96. The lowest BCUT2D eigenvalue weighted by molar-refractivity contribution is 0.629. The Kier molecular flexibility index (Phi) is 8.26. The molecule has 0 aliphatic heterocycles. The Morgan fingerprint density at radius 2 is 1.96 bits per heavy atom. The lowest BCUT2D eigenvalue weighted by Gasteiger charge is -2.11. The summed E-state index contributed by atoms with van der Waals surface area (Å²) >= 11 is 0. The van der Waals surface area contributed by atoms with E-state index in [1.807, 2.05) is 25.3 Å². The first-order valence-corrected chi connectivity index (χ1v) is 8.96. The number of halogens is 2. The van der Waals surface area contributed by atoms with Gasteiger partial charge in [0.1, 0.15) is 5.82 Å². The summed E-state index contributed by atoms with van der Waals surface area (Å²) in [7, 11) is 0. The highest BCUT2D eigenvalue weighted by Crippen LogP contribution is 2.19. The summed E-state index contributed by atoms with van der Waals surface area (Å²) in [5.41, 5.74) is 3.69. The third kappa shape index (κ3) is 5.70. The van der Waals surface area contributed by atoms with Crippen molar-refractivity contribution in [1.82, 2.24) is 15.6 Å². The van der Waals surface area contributed by atoms with E-state index in [9.17, 15) is 4.39 Å². The quantitative estimate of drug-likeness (QED) is 0.276. The van der Waals surface area contributed by atoms with Gasteiger partial charge in [0.05, 0.1) is 18.2 Å². The second-order valence-electron chi connectivity index (χ2n) is 6.18. The Morgan fingerprint density at radius 1 is 1.18 bits per heavy atom. The Balaban J connectivity index is 0.00000280. The smallest absolute Gasteiger partial charge is 0.191 e. The number of hydrogen-bond acceptors (Lipinski definition) is 2. The maximum atomic E-state index is 13.5. The summed E-state index contributed by atoms with van der Waals surface area (Å²) in [6.45, 7) is 3.99. The molecule has 0 amide bonds. The van der Waals surface area contributed by atoms with E-state index in [1.165, 1.54) is 6.07 Å². The van der Waals surface area contributed by atoms with Gasteiger partial charge in [-0.15, -0.1) is 24.0 Å². The Morgan fingerprint density at radius 3 is 2.68 bits per heavy atom. The van der Waals surface area contributed by atoms with Gasteiger partial charge in [0, 0.05) is 30.2 Å². The van der Waals surface area contributed by atoms with Crippen molar-refractivity contribution < 1.29 is 4.39 Å². The Bertz CT molecular complexity index is 973. The third-order valence-electron chi connectivity index (χ3n) is 4.26. The second kappa shape index (κ2) is 10.7. The van der Waals surface area contributed by atoms with Gasteiger partial charge in [0.25, 0.3) is 0 Å². The molecule has 0 radical (unpaired) electrons. The molecule has 5 nitrogen and oxygen atoms in total. The molecule has 0 spiro atoms. The van der Waals surface area contributed by atoms with Crippen LogP contribution in [-0.4, -0.2) is 24.0 Å². The molecule has 0 atom stereocenters. The minimum absolute atomic E-state index is 0. The van der Waals surface area contributed by atoms with Gasteiger partial charge in [-0.2, -0.15) is 5.26 Å². The summed E-state index contributed by atoms with van der Waals surface area (Å²) in [4.78, 5) is 7.75. The molecule has 0 unspecified atom stereocenters. The summed E-state index contributed by atoms with van der Waals surface area (Å²) in [5, 5.41) is 16.3. The van der Waals surface area contributed by atoms with Crippen molar-refractivity contribution in [3.8, 4) is 6.07 Å². The van der Waals surface area contributed by atoms with Crippen molar-refractivity contribution in [2.75, 3.05) is 13.1 Å². The van der Waals surface area contributed by atoms with Crippen molar-refractivity contribution in [1.29, 1.82) is 5.26 Å². The number of fused-ring (bicyclic) bond motifs is 1. The fourth-order valence-corrected chi connectivity index (χ4v) is 2.87. The number of hydrogen-bond donors (Lipinski definition) is 3. The van der Waals surface area contributed by atoms with Gasteiger partial charge in [0.2, 0.25) is 0 Å². The Labute approximate surface area is 181 Å². The van der Waals surface area contributed by atoms with Gasteiger partial charge in [-0.3, -0.25) is 0 Å². The van der Waals surface area contributed by atoms with Gasteiger partial charge in [-0.25, -0.2) is 9.38 Å². The normalized spacial score (nSPS) is 11.0. The van der Waals surface area contributed by atoms with Gasteiger partial charge in [-0.05, 0) is 54.8 Å². The number of guanidine groups is 1. The van der Waals surface area contributed by atoms with E-state index in [0.29, 0.717) is 18.7 Å². The summed E-state index contributed by atoms with van der Waals surface area (Å²) in [6, 6.07) is 14.3. The summed E-state index contributed by atoms with van der Waals surface area (Å²) in [6.07, 6.45) is 2.68. The zero-order chi connectivity index (χ0) is 19.1. The van der Waals surface area contributed by atoms with Crippen molar-refractivity contribution >= 4 is 40.8 Å². The SMILES string of the molecule is CCNC(=NCc1ccc(C#N)cc1)NCCc1c[nH]c2ccc(F)cc12.I. The number of aliphatic imine (C=N–C) groups is 1. The maximum absolute atomic E-state index is 13.5. The van der Waals surface area contributed by atoms with E-state index in [2.05, 4.69) is 26.7 Å². The van der Waals surface area contributed by atoms with Gasteiger partial charge >= 0.3 is 0 Å². The van der Waals surface area contributed by atoms with Crippen molar-refractivity contribution in [3.63, 3.8) is 0 Å². The highest BCUT2D eigenvalue weighted by atomic mass is 127. The van der Waals surface area contributed by atoms with Gasteiger partial charge < -0.3 is 15.6 Å². The number of aromatic nitrogens is 1. The highest BCUT2D eigenvalue weighted by Gasteiger charge is 2.05. The number of nitrogens with one attached hydrogen (secondary N) is 3. The molecule has 0 bridgehead atoms. The van der Waals surface area contributed by atoms with Crippen LogP contribution in [0.25, 0.3) is 10.9 Å². The van der Waals surface area contributed by atoms with Crippen molar-refractivity contribution in [2.24, 2.45) is 4.99 Å². The minimum Gasteiger partial charge on any atom is -0.361 e. The molecule has 0 fully saturated rings. The maximum Gasteiger partial charge on any atom is 0.191 e. The van der Waals surface area contributed by atoms with E-state index in [4.69, 9.17) is 5.26 Å². The lowest BCUT2D eigenvalue weighted by atomic mass is 10.1. The molecule has 2 aromatic carbocycles. The molecule has 3 rings (SSSR count). The molecule has 3 N–H and O–H groups in total. The van der Waals surface area contributed by atoms with Crippen LogP contribution < -0.4 is 10.6 Å². The van der Waals surface area contributed by atoms with E-state index in [-0.39, 0.29) is 29.8 Å². The van der Waals surface area contributed by atoms with Crippen molar-refractivity contribution in [2.45, 2.75) is 19.9 Å². The van der Waals surface area contributed by atoms with Gasteiger partial charge in [0.15, 0.2) is 5.96 Å². The zero-order valence-corrected chi connectivity index (χ0v) is 18.0. The van der Waals surface area contributed by atoms with Crippen LogP contribution in [0, 0.1) is 17.1 Å². The molecule has 28 heavy (non-hydrogen) atoms. The number of rotatable bonds is 6. The van der Waals surface area contributed by atoms with Gasteiger partial charge in [-0.1, -0.05) is 12.1 Å². The molecule has 0 saturated heterocycles. The molecule has 0 aliphatic rings.